The van der Waals surface area contributed by atoms with Gasteiger partial charge < -0.3 is 10.2 Å². The molecule has 0 unspecified atom stereocenters. The fourth-order valence-corrected chi connectivity index (χ4v) is 4.19. The van der Waals surface area contributed by atoms with Gasteiger partial charge in [0.15, 0.2) is 16.5 Å². The molecule has 0 aliphatic carbocycles. The average molecular weight is 505 g/mol. The van der Waals surface area contributed by atoms with Crippen molar-refractivity contribution in [1.29, 1.82) is 0 Å². The van der Waals surface area contributed by atoms with Crippen molar-refractivity contribution in [1.82, 2.24) is 35.3 Å². The standard InChI is InChI=1S/C22H20ClF3N8O/c23-19-15-7-14(9-28-20(15)31-30-19)10-29-21(35)16-12-34(32-18(16)22(24,25)26)11-13-3-4-17(27-8-13)33-5-1-2-6-33/h3-4,7-9,12H,1-2,5-6,10-11H2,(H,29,35)(H,28,30,31). The van der Waals surface area contributed by atoms with E-state index in [0.29, 0.717) is 22.2 Å². The van der Waals surface area contributed by atoms with Gasteiger partial charge in [-0.3, -0.25) is 14.6 Å². The third kappa shape index (κ3) is 4.92. The van der Waals surface area contributed by atoms with E-state index in [4.69, 9.17) is 11.6 Å². The van der Waals surface area contributed by atoms with Crippen LogP contribution in [0.4, 0.5) is 19.0 Å². The van der Waals surface area contributed by atoms with Gasteiger partial charge in [0, 0.05) is 38.2 Å². The molecule has 4 aromatic heterocycles. The van der Waals surface area contributed by atoms with Crippen LogP contribution >= 0.6 is 11.6 Å². The molecule has 0 radical (unpaired) electrons. The number of halogens is 4. The summed E-state index contributed by atoms with van der Waals surface area (Å²) in [5.41, 5.74) is -0.113. The highest BCUT2D eigenvalue weighted by Crippen LogP contribution is 2.31. The first kappa shape index (κ1) is 23.1. The highest BCUT2D eigenvalue weighted by Gasteiger charge is 2.39. The van der Waals surface area contributed by atoms with Gasteiger partial charge in [-0.2, -0.15) is 23.4 Å². The molecule has 1 amide bonds. The molecule has 13 heteroatoms. The first-order valence-electron chi connectivity index (χ1n) is 10.9. The van der Waals surface area contributed by atoms with Crippen molar-refractivity contribution in [2.75, 3.05) is 18.0 Å². The number of hydrogen-bond donors (Lipinski definition) is 2. The normalized spacial score (nSPS) is 14.1. The number of fused-ring (bicyclic) bond motifs is 1. The molecule has 5 rings (SSSR count). The summed E-state index contributed by atoms with van der Waals surface area (Å²) in [6, 6.07) is 5.31. The van der Waals surface area contributed by atoms with Crippen molar-refractivity contribution < 1.29 is 18.0 Å². The minimum absolute atomic E-state index is 0.0449. The van der Waals surface area contributed by atoms with Crippen LogP contribution in [0.25, 0.3) is 11.0 Å². The third-order valence-corrected chi connectivity index (χ3v) is 6.03. The molecular weight excluding hydrogens is 485 g/mol. The van der Waals surface area contributed by atoms with Crippen LogP contribution < -0.4 is 10.2 Å². The highest BCUT2D eigenvalue weighted by atomic mass is 35.5. The van der Waals surface area contributed by atoms with E-state index >= 15 is 0 Å². The number of H-pyrrole nitrogens is 1. The van der Waals surface area contributed by atoms with Crippen LogP contribution in [-0.2, 0) is 19.3 Å². The van der Waals surface area contributed by atoms with Gasteiger partial charge in [0.1, 0.15) is 5.82 Å². The Bertz CT molecular complexity index is 1360. The number of hydrogen-bond acceptors (Lipinski definition) is 6. The smallest absolute Gasteiger partial charge is 0.357 e. The average Bonchev–Trinajstić information content (AvgIpc) is 3.58. The topological polar surface area (TPSA) is 105 Å². The maximum absolute atomic E-state index is 13.6. The second kappa shape index (κ2) is 9.17. The quantitative estimate of drug-likeness (QED) is 0.414. The Morgan fingerprint density at radius 2 is 1.91 bits per heavy atom. The summed E-state index contributed by atoms with van der Waals surface area (Å²) in [5, 5.41) is 13.4. The molecule has 1 aliphatic heterocycles. The summed E-state index contributed by atoms with van der Waals surface area (Å²) in [5.74, 6) is -0.0587. The predicted molar refractivity (Wildman–Crippen MR) is 122 cm³/mol. The van der Waals surface area contributed by atoms with E-state index in [-0.39, 0.29) is 18.2 Å². The number of rotatable bonds is 6. The van der Waals surface area contributed by atoms with Gasteiger partial charge in [0.2, 0.25) is 0 Å². The number of aromatic amines is 1. The molecule has 182 valence electrons. The molecule has 0 atom stereocenters. The van der Waals surface area contributed by atoms with E-state index in [1.165, 1.54) is 6.20 Å². The lowest BCUT2D eigenvalue weighted by atomic mass is 10.2. The number of carbonyl (C=O) groups is 1. The fourth-order valence-electron chi connectivity index (χ4n) is 4.00. The number of pyridine rings is 2. The predicted octanol–water partition coefficient (Wildman–Crippen LogP) is 3.80. The second-order valence-electron chi connectivity index (χ2n) is 8.24. The number of amides is 1. The Morgan fingerprint density at radius 3 is 2.63 bits per heavy atom. The molecule has 2 N–H and O–H groups in total. The highest BCUT2D eigenvalue weighted by molar-refractivity contribution is 6.34. The number of carbonyl (C=O) groups excluding carboxylic acids is 1. The van der Waals surface area contributed by atoms with Crippen LogP contribution in [0.5, 0.6) is 0 Å². The summed E-state index contributed by atoms with van der Waals surface area (Å²) >= 11 is 5.97. The van der Waals surface area contributed by atoms with Crippen LogP contribution in [0.1, 0.15) is 40.0 Å². The van der Waals surface area contributed by atoms with Gasteiger partial charge >= 0.3 is 6.18 Å². The molecule has 9 nitrogen and oxygen atoms in total. The van der Waals surface area contributed by atoms with Crippen molar-refractivity contribution in [3.05, 3.63) is 64.3 Å². The summed E-state index contributed by atoms with van der Waals surface area (Å²) in [6.45, 7) is 1.88. The summed E-state index contributed by atoms with van der Waals surface area (Å²) in [6.07, 6.45) is 1.63. The van der Waals surface area contributed by atoms with Crippen LogP contribution in [0.3, 0.4) is 0 Å². The van der Waals surface area contributed by atoms with E-state index in [1.54, 1.807) is 18.3 Å². The lowest BCUT2D eigenvalue weighted by Gasteiger charge is -2.16. The zero-order valence-corrected chi connectivity index (χ0v) is 19.1. The lowest BCUT2D eigenvalue weighted by molar-refractivity contribution is -0.141. The van der Waals surface area contributed by atoms with Crippen LogP contribution in [0.15, 0.2) is 36.8 Å². The Balaban J connectivity index is 1.31. The molecular formula is C22H20ClF3N8O. The monoisotopic (exact) mass is 504 g/mol. The van der Waals surface area contributed by atoms with E-state index in [2.05, 4.69) is 35.5 Å². The molecule has 0 saturated carbocycles. The molecule has 0 aromatic carbocycles. The molecule has 5 heterocycles. The zero-order chi connectivity index (χ0) is 24.6. The van der Waals surface area contributed by atoms with Gasteiger partial charge in [-0.05, 0) is 36.1 Å². The maximum Gasteiger partial charge on any atom is 0.435 e. The third-order valence-electron chi connectivity index (χ3n) is 5.74. The van der Waals surface area contributed by atoms with E-state index in [0.717, 1.165) is 42.6 Å². The fraction of sp³-hybridized carbons (Fsp3) is 0.318. The zero-order valence-electron chi connectivity index (χ0n) is 18.3. The van der Waals surface area contributed by atoms with Gasteiger partial charge in [-0.25, -0.2) is 9.97 Å². The molecule has 1 fully saturated rings. The number of nitrogens with zero attached hydrogens (tertiary/aromatic N) is 6. The summed E-state index contributed by atoms with van der Waals surface area (Å²) in [4.78, 5) is 23.4. The SMILES string of the molecule is O=C(NCc1cnc2[nH]nc(Cl)c2c1)c1cn(Cc2ccc(N3CCCC3)nc2)nc1C(F)(F)F. The number of aromatic nitrogens is 6. The van der Waals surface area contributed by atoms with E-state index in [9.17, 15) is 18.0 Å². The molecule has 35 heavy (non-hydrogen) atoms. The molecule has 0 bridgehead atoms. The van der Waals surface area contributed by atoms with Crippen LogP contribution in [0, 0.1) is 0 Å². The van der Waals surface area contributed by atoms with E-state index < -0.39 is 23.3 Å². The van der Waals surface area contributed by atoms with Crippen LogP contribution in [-0.4, -0.2) is 48.9 Å². The Morgan fingerprint density at radius 1 is 1.14 bits per heavy atom. The minimum atomic E-state index is -4.79. The van der Waals surface area contributed by atoms with Gasteiger partial charge in [0.05, 0.1) is 17.5 Å². The number of anilines is 1. The molecule has 1 saturated heterocycles. The van der Waals surface area contributed by atoms with Crippen molar-refractivity contribution >= 4 is 34.4 Å². The Hall–Kier alpha value is -3.67. The first-order chi connectivity index (χ1) is 16.8. The van der Waals surface area contributed by atoms with Gasteiger partial charge in [-0.1, -0.05) is 17.7 Å². The molecule has 1 aliphatic rings. The van der Waals surface area contributed by atoms with Gasteiger partial charge in [-0.15, -0.1) is 0 Å². The van der Waals surface area contributed by atoms with E-state index in [1.807, 2.05) is 6.07 Å². The van der Waals surface area contributed by atoms with Crippen molar-refractivity contribution in [2.45, 2.75) is 32.1 Å². The largest absolute Gasteiger partial charge is 0.435 e. The first-order valence-corrected chi connectivity index (χ1v) is 11.3. The number of nitrogens with one attached hydrogen (secondary N) is 2. The second-order valence-corrected chi connectivity index (χ2v) is 8.60. The van der Waals surface area contributed by atoms with Crippen LogP contribution in [0.2, 0.25) is 5.15 Å². The lowest BCUT2D eigenvalue weighted by Crippen LogP contribution is -2.25. The Labute approximate surface area is 202 Å². The Kier molecular flexibility index (Phi) is 6.05. The van der Waals surface area contributed by atoms with Crippen molar-refractivity contribution in [3.8, 4) is 0 Å². The summed E-state index contributed by atoms with van der Waals surface area (Å²) in [7, 11) is 0. The molecule has 4 aromatic rings. The minimum Gasteiger partial charge on any atom is -0.357 e. The summed E-state index contributed by atoms with van der Waals surface area (Å²) < 4.78 is 42.0. The number of alkyl halides is 3. The van der Waals surface area contributed by atoms with Gasteiger partial charge in [0.25, 0.3) is 5.91 Å². The molecule has 0 spiro atoms. The van der Waals surface area contributed by atoms with Crippen molar-refractivity contribution in [3.63, 3.8) is 0 Å². The maximum atomic E-state index is 13.6. The van der Waals surface area contributed by atoms with Crippen molar-refractivity contribution in [2.24, 2.45) is 0 Å².